The molecule has 0 unspecified atom stereocenters. The smallest absolute Gasteiger partial charge is 0.272 e. The Morgan fingerprint density at radius 1 is 1.11 bits per heavy atom. The topological polar surface area (TPSA) is 104 Å². The number of amides is 1. The minimum Gasteiger partial charge on any atom is -0.351 e. The van der Waals surface area contributed by atoms with Crippen LogP contribution in [0, 0.1) is 5.82 Å². The molecule has 1 amide bonds. The summed E-state index contributed by atoms with van der Waals surface area (Å²) in [5.74, 6) is -0.810. The Balaban J connectivity index is 1.49. The van der Waals surface area contributed by atoms with Gasteiger partial charge in [-0.3, -0.25) is 9.52 Å². The molecule has 3 N–H and O–H groups in total. The summed E-state index contributed by atoms with van der Waals surface area (Å²) in [5.41, 5.74) is 1.33. The van der Waals surface area contributed by atoms with Crippen LogP contribution in [0.2, 0.25) is 0 Å². The predicted octanol–water partition coefficient (Wildman–Crippen LogP) is 3.82. The fourth-order valence-electron chi connectivity index (χ4n) is 2.59. The number of carbonyl (C=O) groups is 1. The van der Waals surface area contributed by atoms with Gasteiger partial charge in [-0.1, -0.05) is 0 Å². The quantitative estimate of drug-likeness (QED) is 0.460. The van der Waals surface area contributed by atoms with E-state index in [0.717, 1.165) is 0 Å². The molecule has 7 nitrogen and oxygen atoms in total. The second-order valence-electron chi connectivity index (χ2n) is 5.84. The summed E-state index contributed by atoms with van der Waals surface area (Å²) >= 11 is 1.17. The Bertz CT molecular complexity index is 1250. The lowest BCUT2D eigenvalue weighted by Crippen LogP contribution is -2.14. The highest BCUT2D eigenvalue weighted by molar-refractivity contribution is 7.93. The van der Waals surface area contributed by atoms with Gasteiger partial charge in [0, 0.05) is 28.2 Å². The summed E-state index contributed by atoms with van der Waals surface area (Å²) in [6.45, 7) is 0. The molecular formula is C18H13FN4O3S2. The first-order valence-corrected chi connectivity index (χ1v) is 10.4. The van der Waals surface area contributed by atoms with Crippen LogP contribution in [0.4, 0.5) is 15.2 Å². The summed E-state index contributed by atoms with van der Waals surface area (Å²) in [7, 11) is -3.76. The first-order chi connectivity index (χ1) is 13.4. The standard InChI is InChI=1S/C18H13FN4O3S2/c19-12-1-6-15-11(9-12)10-16(22-15)17(24)21-13-2-4-14(5-3-13)28(25,26)23-18-20-7-8-27-18/h1-10,22H,(H,20,23)(H,21,24). The molecule has 2 aromatic carbocycles. The van der Waals surface area contributed by atoms with E-state index in [9.17, 15) is 17.6 Å². The molecule has 0 aliphatic rings. The van der Waals surface area contributed by atoms with E-state index >= 15 is 0 Å². The van der Waals surface area contributed by atoms with Crippen molar-refractivity contribution in [3.8, 4) is 0 Å². The molecule has 10 heteroatoms. The van der Waals surface area contributed by atoms with Crippen molar-refractivity contribution in [3.63, 3.8) is 0 Å². The van der Waals surface area contributed by atoms with E-state index in [1.807, 2.05) is 0 Å². The van der Waals surface area contributed by atoms with E-state index in [1.54, 1.807) is 17.5 Å². The molecule has 28 heavy (non-hydrogen) atoms. The fraction of sp³-hybridized carbons (Fsp3) is 0. The molecule has 142 valence electrons. The summed E-state index contributed by atoms with van der Waals surface area (Å²) in [5, 5.41) is 5.18. The van der Waals surface area contributed by atoms with E-state index < -0.39 is 15.9 Å². The zero-order valence-electron chi connectivity index (χ0n) is 14.1. The molecular weight excluding hydrogens is 403 g/mol. The molecule has 4 aromatic rings. The van der Waals surface area contributed by atoms with Crippen LogP contribution in [0.5, 0.6) is 0 Å². The van der Waals surface area contributed by atoms with E-state index in [-0.39, 0.29) is 21.5 Å². The number of aromatic amines is 1. The lowest BCUT2D eigenvalue weighted by molar-refractivity contribution is 0.102. The van der Waals surface area contributed by atoms with Crippen LogP contribution in [0.1, 0.15) is 10.5 Å². The largest absolute Gasteiger partial charge is 0.351 e. The van der Waals surface area contributed by atoms with Crippen molar-refractivity contribution in [1.29, 1.82) is 0 Å². The van der Waals surface area contributed by atoms with Gasteiger partial charge in [0.2, 0.25) is 0 Å². The number of benzene rings is 2. The van der Waals surface area contributed by atoms with Crippen LogP contribution in [0.15, 0.2) is 65.0 Å². The van der Waals surface area contributed by atoms with E-state index in [0.29, 0.717) is 16.6 Å². The molecule has 0 radical (unpaired) electrons. The number of thiazole rings is 1. The van der Waals surface area contributed by atoms with Gasteiger partial charge in [-0.25, -0.2) is 17.8 Å². The highest BCUT2D eigenvalue weighted by atomic mass is 32.2. The van der Waals surface area contributed by atoms with Crippen molar-refractivity contribution < 1.29 is 17.6 Å². The molecule has 0 fully saturated rings. The van der Waals surface area contributed by atoms with Crippen LogP contribution in [0.3, 0.4) is 0 Å². The predicted molar refractivity (Wildman–Crippen MR) is 106 cm³/mol. The number of fused-ring (bicyclic) bond motifs is 1. The maximum atomic E-state index is 13.3. The monoisotopic (exact) mass is 416 g/mol. The number of rotatable bonds is 5. The SMILES string of the molecule is O=C(Nc1ccc(S(=O)(=O)Nc2nccs2)cc1)c1cc2cc(F)ccc2[nH]1. The maximum absolute atomic E-state index is 13.3. The van der Waals surface area contributed by atoms with Gasteiger partial charge in [0.15, 0.2) is 5.13 Å². The number of carbonyl (C=O) groups excluding carboxylic acids is 1. The van der Waals surface area contributed by atoms with Crippen LogP contribution >= 0.6 is 11.3 Å². The zero-order chi connectivity index (χ0) is 19.7. The van der Waals surface area contributed by atoms with Gasteiger partial charge in [-0.2, -0.15) is 0 Å². The van der Waals surface area contributed by atoms with Gasteiger partial charge in [0.1, 0.15) is 11.5 Å². The molecule has 0 bridgehead atoms. The summed E-state index contributed by atoms with van der Waals surface area (Å²) in [6.07, 6.45) is 1.50. The van der Waals surface area contributed by atoms with Gasteiger partial charge in [-0.15, -0.1) is 11.3 Å². The minimum atomic E-state index is -3.76. The molecule has 0 saturated carbocycles. The first-order valence-electron chi connectivity index (χ1n) is 8.03. The van der Waals surface area contributed by atoms with Crippen molar-refractivity contribution in [1.82, 2.24) is 9.97 Å². The lowest BCUT2D eigenvalue weighted by Gasteiger charge is -2.07. The van der Waals surface area contributed by atoms with Crippen LogP contribution < -0.4 is 10.0 Å². The van der Waals surface area contributed by atoms with Crippen molar-refractivity contribution >= 4 is 49.0 Å². The molecule has 0 aliphatic heterocycles. The molecule has 0 saturated heterocycles. The minimum absolute atomic E-state index is 0.0433. The molecule has 2 heterocycles. The van der Waals surface area contributed by atoms with Gasteiger partial charge in [0.25, 0.3) is 15.9 Å². The van der Waals surface area contributed by atoms with Crippen molar-refractivity contribution in [2.24, 2.45) is 0 Å². The number of anilines is 2. The highest BCUT2D eigenvalue weighted by Gasteiger charge is 2.16. The van der Waals surface area contributed by atoms with Gasteiger partial charge < -0.3 is 10.3 Å². The first kappa shape index (κ1) is 18.1. The summed E-state index contributed by atoms with van der Waals surface area (Å²) in [6, 6.07) is 11.5. The third-order valence-electron chi connectivity index (χ3n) is 3.90. The van der Waals surface area contributed by atoms with E-state index in [2.05, 4.69) is 20.0 Å². The Morgan fingerprint density at radius 2 is 1.89 bits per heavy atom. The van der Waals surface area contributed by atoms with Gasteiger partial charge in [0.05, 0.1) is 4.90 Å². The van der Waals surface area contributed by atoms with E-state index in [1.165, 1.54) is 53.9 Å². The molecule has 4 rings (SSSR count). The second kappa shape index (κ2) is 7.06. The number of hydrogen-bond donors (Lipinski definition) is 3. The van der Waals surface area contributed by atoms with Crippen molar-refractivity contribution in [2.45, 2.75) is 4.90 Å². The molecule has 2 aromatic heterocycles. The zero-order valence-corrected chi connectivity index (χ0v) is 15.8. The van der Waals surface area contributed by atoms with E-state index in [4.69, 9.17) is 0 Å². The third kappa shape index (κ3) is 3.73. The molecule has 0 spiro atoms. The number of halogens is 1. The third-order valence-corrected chi connectivity index (χ3v) is 6.08. The molecule has 0 atom stereocenters. The number of hydrogen-bond acceptors (Lipinski definition) is 5. The lowest BCUT2D eigenvalue weighted by atomic mass is 10.2. The Hall–Kier alpha value is -3.24. The second-order valence-corrected chi connectivity index (χ2v) is 8.41. The van der Waals surface area contributed by atoms with Gasteiger partial charge in [-0.05, 0) is 48.5 Å². The number of nitrogens with one attached hydrogen (secondary N) is 3. The Morgan fingerprint density at radius 3 is 2.61 bits per heavy atom. The number of sulfonamides is 1. The van der Waals surface area contributed by atoms with Crippen LogP contribution in [0.25, 0.3) is 10.9 Å². The highest BCUT2D eigenvalue weighted by Crippen LogP contribution is 2.21. The van der Waals surface area contributed by atoms with Gasteiger partial charge >= 0.3 is 0 Å². The average Bonchev–Trinajstić information content (AvgIpc) is 3.31. The summed E-state index contributed by atoms with van der Waals surface area (Å²) in [4.78, 5) is 19.2. The van der Waals surface area contributed by atoms with Crippen LogP contribution in [-0.2, 0) is 10.0 Å². The summed E-state index contributed by atoms with van der Waals surface area (Å²) < 4.78 is 40.3. The Labute approximate surface area is 163 Å². The number of nitrogens with zero attached hydrogens (tertiary/aromatic N) is 1. The van der Waals surface area contributed by atoms with Crippen molar-refractivity contribution in [3.05, 3.63) is 71.6 Å². The maximum Gasteiger partial charge on any atom is 0.272 e. The van der Waals surface area contributed by atoms with Crippen molar-refractivity contribution in [2.75, 3.05) is 10.0 Å². The number of aromatic nitrogens is 2. The fourth-order valence-corrected chi connectivity index (χ4v) is 4.38. The average molecular weight is 416 g/mol. The molecule has 0 aliphatic carbocycles. The Kier molecular flexibility index (Phi) is 4.57. The number of H-pyrrole nitrogens is 1. The normalized spacial score (nSPS) is 11.5. The van der Waals surface area contributed by atoms with Crippen LogP contribution in [-0.4, -0.2) is 24.3 Å².